The van der Waals surface area contributed by atoms with Crippen LogP contribution in [-0.4, -0.2) is 17.1 Å². The number of carboxylic acid groups (broad SMARTS) is 1. The maximum absolute atomic E-state index is 9.71. The molecular formula is C3H4NO3. The van der Waals surface area contributed by atoms with E-state index in [1.54, 1.807) is 0 Å². The zero-order chi connectivity index (χ0) is 5.86. The van der Waals surface area contributed by atoms with Crippen LogP contribution in [0, 0.1) is 0 Å². The Hall–Kier alpha value is -1.06. The number of carbonyl (C=O) groups excluding carboxylic acids is 1. The average Bonchev–Trinajstić information content (AvgIpc) is 1.27. The summed E-state index contributed by atoms with van der Waals surface area (Å²) in [7, 11) is 0. The van der Waals surface area contributed by atoms with Crippen molar-refractivity contribution in [3.8, 4) is 0 Å². The highest BCUT2D eigenvalue weighted by molar-refractivity contribution is 5.88. The third kappa shape index (κ3) is 4.94. The van der Waals surface area contributed by atoms with E-state index in [9.17, 15) is 9.59 Å². The number of carbonyl (C=O) groups is 2. The molecule has 0 saturated heterocycles. The summed E-state index contributed by atoms with van der Waals surface area (Å²) in [4.78, 5) is 19.1. The average molecular weight is 102 g/mol. The van der Waals surface area contributed by atoms with Crippen molar-refractivity contribution < 1.29 is 14.7 Å². The molecule has 0 aliphatic heterocycles. The summed E-state index contributed by atoms with van der Waals surface area (Å²) >= 11 is 0. The monoisotopic (exact) mass is 102 g/mol. The van der Waals surface area contributed by atoms with E-state index in [0.29, 0.717) is 0 Å². The highest BCUT2D eigenvalue weighted by atomic mass is 16.4. The molecule has 1 N–H and O–H groups in total. The summed E-state index contributed by atoms with van der Waals surface area (Å²) in [5, 5.41) is 10.3. The van der Waals surface area contributed by atoms with Crippen molar-refractivity contribution in [1.82, 2.24) is 5.32 Å². The topological polar surface area (TPSA) is 68.5 Å². The molecule has 0 atom stereocenters. The van der Waals surface area contributed by atoms with Gasteiger partial charge in [-0.05, 0) is 0 Å². The Kier molecular flexibility index (Phi) is 1.84. The number of hydrogen-bond acceptors (Lipinski definition) is 2. The fraction of sp³-hybridized carbons (Fsp3) is 0.333. The molecule has 4 heteroatoms. The minimum atomic E-state index is -1.44. The largest absolute Gasteiger partial charge is 0.463 e. The van der Waals surface area contributed by atoms with E-state index >= 15 is 0 Å². The molecule has 4 nitrogen and oxygen atoms in total. The third-order valence-corrected chi connectivity index (χ3v) is 0.253. The van der Waals surface area contributed by atoms with Crippen molar-refractivity contribution in [2.75, 3.05) is 0 Å². The molecule has 39 valence electrons. The van der Waals surface area contributed by atoms with Crippen LogP contribution in [-0.2, 0) is 4.79 Å². The van der Waals surface area contributed by atoms with Crippen LogP contribution in [0.3, 0.4) is 0 Å². The second kappa shape index (κ2) is 2.17. The number of amides is 2. The van der Waals surface area contributed by atoms with Crippen LogP contribution < -0.4 is 5.32 Å². The molecule has 0 bridgehead atoms. The fourth-order valence-corrected chi connectivity index (χ4v) is 0.135. The lowest BCUT2D eigenvalue weighted by molar-refractivity contribution is -0.118. The molecule has 0 aromatic rings. The Balaban J connectivity index is 3.32. The summed E-state index contributed by atoms with van der Waals surface area (Å²) in [6.07, 6.45) is -1.44. The first-order valence-corrected chi connectivity index (χ1v) is 1.58. The SMILES string of the molecule is CC(=O)[N]C(=O)O. The summed E-state index contributed by atoms with van der Waals surface area (Å²) in [5.74, 6) is -0.687. The maximum atomic E-state index is 9.71. The standard InChI is InChI=1S/C3H4NO3/c1-2(5)4-3(6)7/h1H3,(H,6,7). The Bertz CT molecular complexity index is 86.4. The predicted molar refractivity (Wildman–Crippen MR) is 20.8 cm³/mol. The number of hydrogen-bond donors (Lipinski definition) is 1. The van der Waals surface area contributed by atoms with Gasteiger partial charge in [-0.2, -0.15) is 0 Å². The van der Waals surface area contributed by atoms with E-state index in [-0.39, 0.29) is 0 Å². The zero-order valence-electron chi connectivity index (χ0n) is 3.71. The number of rotatable bonds is 0. The van der Waals surface area contributed by atoms with Gasteiger partial charge in [0.05, 0.1) is 0 Å². The molecule has 0 fully saturated rings. The summed E-state index contributed by atoms with van der Waals surface area (Å²) in [6, 6.07) is 0. The van der Waals surface area contributed by atoms with E-state index in [1.807, 2.05) is 0 Å². The van der Waals surface area contributed by atoms with Crippen LogP contribution in [0.25, 0.3) is 0 Å². The lowest BCUT2D eigenvalue weighted by Gasteiger charge is -1.81. The number of imide groups is 1. The lowest BCUT2D eigenvalue weighted by atomic mass is 10.7. The van der Waals surface area contributed by atoms with Crippen LogP contribution in [0.5, 0.6) is 0 Å². The molecule has 7 heavy (non-hydrogen) atoms. The lowest BCUT2D eigenvalue weighted by Crippen LogP contribution is -2.17. The maximum Gasteiger partial charge on any atom is 0.434 e. The molecule has 0 rings (SSSR count). The van der Waals surface area contributed by atoms with Gasteiger partial charge in [0.15, 0.2) is 0 Å². The third-order valence-electron chi connectivity index (χ3n) is 0.253. The van der Waals surface area contributed by atoms with Gasteiger partial charge in [-0.3, -0.25) is 4.79 Å². The molecule has 0 heterocycles. The van der Waals surface area contributed by atoms with Gasteiger partial charge in [0.25, 0.3) is 0 Å². The van der Waals surface area contributed by atoms with Crippen LogP contribution in [0.4, 0.5) is 4.79 Å². The molecule has 2 amide bonds. The molecule has 0 aliphatic carbocycles. The minimum absolute atomic E-state index is 0.687. The Morgan fingerprint density at radius 3 is 2.00 bits per heavy atom. The molecule has 0 aromatic heterocycles. The second-order valence-corrected chi connectivity index (χ2v) is 0.913. The molecule has 0 unspecified atom stereocenters. The summed E-state index contributed by atoms with van der Waals surface area (Å²) in [5.41, 5.74) is 0. The zero-order valence-corrected chi connectivity index (χ0v) is 3.71. The van der Waals surface area contributed by atoms with Crippen molar-refractivity contribution in [2.45, 2.75) is 6.92 Å². The van der Waals surface area contributed by atoms with Gasteiger partial charge >= 0.3 is 6.09 Å². The first-order valence-electron chi connectivity index (χ1n) is 1.58. The van der Waals surface area contributed by atoms with Gasteiger partial charge in [-0.25, -0.2) is 4.79 Å². The fourth-order valence-electron chi connectivity index (χ4n) is 0.135. The predicted octanol–water partition coefficient (Wildman–Crippen LogP) is -0.185. The Morgan fingerprint density at radius 2 is 2.00 bits per heavy atom. The highest BCUT2D eigenvalue weighted by Crippen LogP contribution is 1.63. The summed E-state index contributed by atoms with van der Waals surface area (Å²) < 4.78 is 0. The molecule has 0 saturated carbocycles. The van der Waals surface area contributed by atoms with Gasteiger partial charge in [0.2, 0.25) is 5.91 Å². The smallest absolute Gasteiger partial charge is 0.434 e. The molecule has 1 radical (unpaired) electrons. The molecule has 0 aliphatic rings. The van der Waals surface area contributed by atoms with E-state index in [1.165, 1.54) is 0 Å². The Morgan fingerprint density at radius 1 is 1.57 bits per heavy atom. The highest BCUT2D eigenvalue weighted by Gasteiger charge is 1.98. The van der Waals surface area contributed by atoms with E-state index in [2.05, 4.69) is 5.32 Å². The van der Waals surface area contributed by atoms with Crippen molar-refractivity contribution in [3.05, 3.63) is 0 Å². The van der Waals surface area contributed by atoms with Gasteiger partial charge in [0, 0.05) is 6.92 Å². The first-order chi connectivity index (χ1) is 3.13. The van der Waals surface area contributed by atoms with Crippen molar-refractivity contribution >= 4 is 12.0 Å². The Labute approximate surface area is 40.1 Å². The van der Waals surface area contributed by atoms with Crippen LogP contribution >= 0.6 is 0 Å². The van der Waals surface area contributed by atoms with Gasteiger partial charge < -0.3 is 5.11 Å². The van der Waals surface area contributed by atoms with Gasteiger partial charge in [-0.15, -0.1) is 5.32 Å². The quantitative estimate of drug-likeness (QED) is 0.461. The van der Waals surface area contributed by atoms with E-state index < -0.39 is 12.0 Å². The van der Waals surface area contributed by atoms with Crippen molar-refractivity contribution in [3.63, 3.8) is 0 Å². The van der Waals surface area contributed by atoms with Crippen LogP contribution in [0.15, 0.2) is 0 Å². The normalized spacial score (nSPS) is 7.57. The molecule has 0 spiro atoms. The first kappa shape index (κ1) is 5.94. The van der Waals surface area contributed by atoms with Crippen molar-refractivity contribution in [1.29, 1.82) is 0 Å². The van der Waals surface area contributed by atoms with Crippen molar-refractivity contribution in [2.24, 2.45) is 0 Å². The van der Waals surface area contributed by atoms with E-state index in [4.69, 9.17) is 5.11 Å². The summed E-state index contributed by atoms with van der Waals surface area (Å²) in [6.45, 7) is 1.08. The molecular weight excluding hydrogens is 98.0 g/mol. The second-order valence-electron chi connectivity index (χ2n) is 0.913. The van der Waals surface area contributed by atoms with Gasteiger partial charge in [0.1, 0.15) is 0 Å². The van der Waals surface area contributed by atoms with Gasteiger partial charge in [-0.1, -0.05) is 0 Å². The van der Waals surface area contributed by atoms with Crippen LogP contribution in [0.2, 0.25) is 0 Å². The van der Waals surface area contributed by atoms with E-state index in [0.717, 1.165) is 6.92 Å². The molecule has 0 aromatic carbocycles. The minimum Gasteiger partial charge on any atom is -0.463 e. The number of nitrogens with zero attached hydrogens (tertiary/aromatic N) is 1. The van der Waals surface area contributed by atoms with Crippen LogP contribution in [0.1, 0.15) is 6.92 Å².